The van der Waals surface area contributed by atoms with Gasteiger partial charge in [-0.3, -0.25) is 9.78 Å². The molecule has 0 spiro atoms. The number of anilines is 1. The molecule has 0 bridgehead atoms. The molecule has 0 amide bonds. The van der Waals surface area contributed by atoms with E-state index < -0.39 is 11.5 Å². The Labute approximate surface area is 134 Å². The Hall–Kier alpha value is -2.88. The van der Waals surface area contributed by atoms with Crippen LogP contribution >= 0.6 is 0 Å². The van der Waals surface area contributed by atoms with Crippen LogP contribution in [-0.4, -0.2) is 4.98 Å². The van der Waals surface area contributed by atoms with Gasteiger partial charge in [-0.2, -0.15) is 4.39 Å². The van der Waals surface area contributed by atoms with E-state index in [1.165, 1.54) is 12.1 Å². The topological polar surface area (TPSA) is 36.1 Å². The van der Waals surface area contributed by atoms with Gasteiger partial charge < -0.3 is 4.90 Å². The number of hydrogen-bond acceptors (Lipinski definition) is 2. The molecule has 116 valence electrons. The minimum Gasteiger partial charge on any atom is -0.358 e. The lowest BCUT2D eigenvalue weighted by molar-refractivity contribution is 0.578. The normalized spacial score (nSPS) is 10.5. The Morgan fingerprint density at radius 1 is 0.783 bits per heavy atom. The molecule has 0 aliphatic carbocycles. The number of rotatable bonds is 5. The molecule has 3 nitrogen and oxygen atoms in total. The maximum Gasteiger partial charge on any atom is 0.273 e. The van der Waals surface area contributed by atoms with Gasteiger partial charge in [-0.1, -0.05) is 60.7 Å². The molecule has 3 rings (SSSR count). The molecule has 0 fully saturated rings. The Morgan fingerprint density at radius 2 is 1.30 bits per heavy atom. The molecule has 2 aromatic carbocycles. The number of aromatic nitrogens is 1. The Morgan fingerprint density at radius 3 is 1.78 bits per heavy atom. The fourth-order valence-electron chi connectivity index (χ4n) is 2.52. The van der Waals surface area contributed by atoms with E-state index in [4.69, 9.17) is 0 Å². The largest absolute Gasteiger partial charge is 0.358 e. The third kappa shape index (κ3) is 3.86. The van der Waals surface area contributed by atoms with Crippen LogP contribution in [0.15, 0.2) is 77.6 Å². The van der Waals surface area contributed by atoms with Crippen molar-refractivity contribution < 1.29 is 4.39 Å². The van der Waals surface area contributed by atoms with Gasteiger partial charge in [0.15, 0.2) is 5.95 Å². The quantitative estimate of drug-likeness (QED) is 0.729. The molecular weight excluding hydrogens is 291 g/mol. The highest BCUT2D eigenvalue weighted by Crippen LogP contribution is 2.16. The van der Waals surface area contributed by atoms with E-state index in [9.17, 15) is 9.18 Å². The number of H-pyrrole nitrogens is 1. The van der Waals surface area contributed by atoms with Gasteiger partial charge in [-0.25, -0.2) is 0 Å². The molecule has 23 heavy (non-hydrogen) atoms. The van der Waals surface area contributed by atoms with Crippen LogP contribution in [0.25, 0.3) is 0 Å². The number of aromatic amines is 1. The highest BCUT2D eigenvalue weighted by molar-refractivity contribution is 5.45. The molecule has 1 N–H and O–H groups in total. The molecule has 4 heteroatoms. The number of pyridine rings is 1. The highest BCUT2D eigenvalue weighted by atomic mass is 19.1. The van der Waals surface area contributed by atoms with Crippen molar-refractivity contribution in [3.63, 3.8) is 0 Å². The second-order valence-electron chi connectivity index (χ2n) is 5.35. The van der Waals surface area contributed by atoms with E-state index in [0.29, 0.717) is 18.8 Å². The van der Waals surface area contributed by atoms with Crippen molar-refractivity contribution in [1.82, 2.24) is 4.98 Å². The molecule has 3 aromatic rings. The van der Waals surface area contributed by atoms with E-state index >= 15 is 0 Å². The lowest BCUT2D eigenvalue weighted by atomic mass is 10.1. The van der Waals surface area contributed by atoms with Crippen LogP contribution in [0.4, 0.5) is 10.1 Å². The van der Waals surface area contributed by atoms with Crippen LogP contribution in [-0.2, 0) is 13.1 Å². The average Bonchev–Trinajstić information content (AvgIpc) is 2.56. The third-order valence-corrected chi connectivity index (χ3v) is 3.63. The van der Waals surface area contributed by atoms with E-state index in [2.05, 4.69) is 4.98 Å². The fourth-order valence-corrected chi connectivity index (χ4v) is 2.52. The van der Waals surface area contributed by atoms with Crippen molar-refractivity contribution in [2.75, 3.05) is 4.90 Å². The average molecular weight is 308 g/mol. The predicted molar refractivity (Wildman–Crippen MR) is 89.8 cm³/mol. The number of halogens is 1. The van der Waals surface area contributed by atoms with Gasteiger partial charge >= 0.3 is 0 Å². The molecule has 0 radical (unpaired) electrons. The van der Waals surface area contributed by atoms with Crippen molar-refractivity contribution in [1.29, 1.82) is 0 Å². The summed E-state index contributed by atoms with van der Waals surface area (Å²) in [6, 6.07) is 22.6. The van der Waals surface area contributed by atoms with E-state index in [-0.39, 0.29) is 0 Å². The molecule has 0 aliphatic heterocycles. The van der Waals surface area contributed by atoms with Gasteiger partial charge in [0.25, 0.3) is 5.56 Å². The van der Waals surface area contributed by atoms with Crippen molar-refractivity contribution in [3.05, 3.63) is 100 Å². The van der Waals surface area contributed by atoms with E-state index in [1.54, 1.807) is 0 Å². The monoisotopic (exact) mass is 308 g/mol. The van der Waals surface area contributed by atoms with Crippen LogP contribution < -0.4 is 10.5 Å². The minimum atomic E-state index is -0.627. The van der Waals surface area contributed by atoms with Gasteiger partial charge in [0, 0.05) is 13.1 Å². The number of nitrogens with one attached hydrogen (secondary N) is 1. The van der Waals surface area contributed by atoms with E-state index in [1.807, 2.05) is 65.6 Å². The molecule has 0 atom stereocenters. The van der Waals surface area contributed by atoms with Crippen LogP contribution in [0.5, 0.6) is 0 Å². The molecule has 0 aliphatic rings. The Bertz CT molecular complexity index is 774. The molecule has 0 saturated carbocycles. The summed E-state index contributed by atoms with van der Waals surface area (Å²) in [4.78, 5) is 16.3. The van der Waals surface area contributed by atoms with Crippen LogP contribution in [0, 0.1) is 5.95 Å². The summed E-state index contributed by atoms with van der Waals surface area (Å²) < 4.78 is 13.2. The summed E-state index contributed by atoms with van der Waals surface area (Å²) in [5.41, 5.74) is 2.22. The van der Waals surface area contributed by atoms with Crippen molar-refractivity contribution in [2.45, 2.75) is 13.1 Å². The standard InChI is InChI=1S/C19H17FN2O/c20-18-12-11-17(19(23)21-18)22(13-15-7-3-1-4-8-15)14-16-9-5-2-6-10-16/h1-12H,13-14H2,(H,21,23). The van der Waals surface area contributed by atoms with Crippen LogP contribution in [0.1, 0.15) is 11.1 Å². The first-order chi connectivity index (χ1) is 11.2. The SMILES string of the molecule is O=c1[nH]c(F)ccc1N(Cc1ccccc1)Cc1ccccc1. The van der Waals surface area contributed by atoms with E-state index in [0.717, 1.165) is 11.1 Å². The van der Waals surface area contributed by atoms with Gasteiger partial charge in [-0.15, -0.1) is 0 Å². The molecule has 1 heterocycles. The second kappa shape index (κ2) is 6.92. The van der Waals surface area contributed by atoms with Crippen molar-refractivity contribution in [2.24, 2.45) is 0 Å². The number of hydrogen-bond donors (Lipinski definition) is 1. The maximum absolute atomic E-state index is 13.2. The number of benzene rings is 2. The predicted octanol–water partition coefficient (Wildman–Crippen LogP) is 3.72. The zero-order chi connectivity index (χ0) is 16.1. The number of nitrogens with zero attached hydrogens (tertiary/aromatic N) is 1. The zero-order valence-electron chi connectivity index (χ0n) is 12.6. The summed E-state index contributed by atoms with van der Waals surface area (Å²) in [7, 11) is 0. The zero-order valence-corrected chi connectivity index (χ0v) is 12.6. The van der Waals surface area contributed by atoms with Gasteiger partial charge in [-0.05, 0) is 23.3 Å². The molecular formula is C19H17FN2O. The summed E-state index contributed by atoms with van der Waals surface area (Å²) in [6.07, 6.45) is 0. The lowest BCUT2D eigenvalue weighted by Crippen LogP contribution is -2.28. The van der Waals surface area contributed by atoms with Gasteiger partial charge in [0.1, 0.15) is 5.69 Å². The Balaban J connectivity index is 1.94. The molecule has 0 unspecified atom stereocenters. The fraction of sp³-hybridized carbons (Fsp3) is 0.105. The van der Waals surface area contributed by atoms with Gasteiger partial charge in [0.2, 0.25) is 0 Å². The lowest BCUT2D eigenvalue weighted by Gasteiger charge is -2.24. The summed E-state index contributed by atoms with van der Waals surface area (Å²) in [5.74, 6) is -0.627. The minimum absolute atomic E-state index is 0.420. The smallest absolute Gasteiger partial charge is 0.273 e. The summed E-state index contributed by atoms with van der Waals surface area (Å²) in [6.45, 7) is 1.15. The molecule has 0 saturated heterocycles. The first-order valence-corrected chi connectivity index (χ1v) is 7.44. The van der Waals surface area contributed by atoms with Crippen LogP contribution in [0.3, 0.4) is 0 Å². The summed E-state index contributed by atoms with van der Waals surface area (Å²) in [5, 5.41) is 0. The van der Waals surface area contributed by atoms with Crippen LogP contribution in [0.2, 0.25) is 0 Å². The maximum atomic E-state index is 13.2. The molecule has 1 aromatic heterocycles. The van der Waals surface area contributed by atoms with Crippen molar-refractivity contribution >= 4 is 5.69 Å². The first kappa shape index (κ1) is 15.0. The highest BCUT2D eigenvalue weighted by Gasteiger charge is 2.12. The third-order valence-electron chi connectivity index (χ3n) is 3.63. The van der Waals surface area contributed by atoms with Gasteiger partial charge in [0.05, 0.1) is 0 Å². The Kier molecular flexibility index (Phi) is 4.52. The first-order valence-electron chi connectivity index (χ1n) is 7.44. The summed E-state index contributed by atoms with van der Waals surface area (Å²) >= 11 is 0. The second-order valence-corrected chi connectivity index (χ2v) is 5.35. The van der Waals surface area contributed by atoms with Crippen molar-refractivity contribution in [3.8, 4) is 0 Å².